The fourth-order valence-electron chi connectivity index (χ4n) is 4.20. The Hall–Kier alpha value is -1.81. The Labute approximate surface area is 143 Å². The monoisotopic (exact) mass is 332 g/mol. The standard InChI is InChI=1S/C20H28O4/c1-5-10-19(12-15(21)9-11-20(19,24)13(3)4)17-14(6-2)7-8-16(22)18(17)23/h7-9,11,13,22-24H,5-6,10,12H2,1-4H3. The summed E-state index contributed by atoms with van der Waals surface area (Å²) in [6.07, 6.45) is 5.08. The molecule has 2 unspecified atom stereocenters. The number of phenols is 2. The van der Waals surface area contributed by atoms with Gasteiger partial charge in [0.05, 0.1) is 5.60 Å². The molecule has 0 saturated heterocycles. The molecule has 0 amide bonds. The molecule has 1 aliphatic rings. The summed E-state index contributed by atoms with van der Waals surface area (Å²) in [4.78, 5) is 12.3. The van der Waals surface area contributed by atoms with Gasteiger partial charge in [-0.2, -0.15) is 0 Å². The molecule has 0 radical (unpaired) electrons. The van der Waals surface area contributed by atoms with Gasteiger partial charge in [-0.05, 0) is 42.5 Å². The highest BCUT2D eigenvalue weighted by Gasteiger charge is 2.55. The predicted molar refractivity (Wildman–Crippen MR) is 94.3 cm³/mol. The van der Waals surface area contributed by atoms with E-state index >= 15 is 0 Å². The minimum absolute atomic E-state index is 0.0708. The Bertz CT molecular complexity index is 662. The molecule has 0 heterocycles. The number of aromatic hydroxyl groups is 2. The van der Waals surface area contributed by atoms with Crippen LogP contribution in [-0.4, -0.2) is 26.7 Å². The minimum Gasteiger partial charge on any atom is -0.504 e. The molecule has 0 saturated carbocycles. The van der Waals surface area contributed by atoms with Crippen LogP contribution in [-0.2, 0) is 16.6 Å². The highest BCUT2D eigenvalue weighted by atomic mass is 16.3. The van der Waals surface area contributed by atoms with Crippen molar-refractivity contribution in [2.24, 2.45) is 5.92 Å². The Kier molecular flexibility index (Phi) is 5.09. The summed E-state index contributed by atoms with van der Waals surface area (Å²) in [6.45, 7) is 7.78. The second kappa shape index (κ2) is 6.60. The first-order valence-corrected chi connectivity index (χ1v) is 8.72. The van der Waals surface area contributed by atoms with E-state index in [4.69, 9.17) is 0 Å². The van der Waals surface area contributed by atoms with E-state index in [0.29, 0.717) is 18.4 Å². The van der Waals surface area contributed by atoms with E-state index in [1.54, 1.807) is 12.1 Å². The number of ketones is 1. The molecule has 1 aromatic rings. The summed E-state index contributed by atoms with van der Waals surface area (Å²) < 4.78 is 0. The lowest BCUT2D eigenvalue weighted by molar-refractivity contribution is -0.123. The molecule has 2 atom stereocenters. The van der Waals surface area contributed by atoms with Crippen molar-refractivity contribution in [1.29, 1.82) is 0 Å². The van der Waals surface area contributed by atoms with Crippen molar-refractivity contribution in [3.63, 3.8) is 0 Å². The van der Waals surface area contributed by atoms with Crippen molar-refractivity contribution in [3.8, 4) is 11.5 Å². The summed E-state index contributed by atoms with van der Waals surface area (Å²) in [7, 11) is 0. The van der Waals surface area contributed by atoms with E-state index in [9.17, 15) is 20.1 Å². The molecule has 0 bridgehead atoms. The van der Waals surface area contributed by atoms with Crippen LogP contribution in [0.1, 0.15) is 58.1 Å². The van der Waals surface area contributed by atoms with Crippen LogP contribution in [0.3, 0.4) is 0 Å². The molecule has 1 aromatic carbocycles. The first-order chi connectivity index (χ1) is 11.2. The van der Waals surface area contributed by atoms with Crippen LogP contribution in [0.4, 0.5) is 0 Å². The number of phenolic OH excluding ortho intramolecular Hbond substituents is 2. The average molecular weight is 332 g/mol. The second-order valence-electron chi connectivity index (χ2n) is 7.11. The molecule has 2 rings (SSSR count). The zero-order valence-electron chi connectivity index (χ0n) is 15.0. The molecule has 0 aliphatic heterocycles. The molecule has 4 nitrogen and oxygen atoms in total. The Morgan fingerprint density at radius 3 is 2.42 bits per heavy atom. The zero-order valence-corrected chi connectivity index (χ0v) is 15.0. The maximum absolute atomic E-state index is 12.3. The smallest absolute Gasteiger partial charge is 0.161 e. The van der Waals surface area contributed by atoms with Crippen LogP contribution in [0.15, 0.2) is 24.3 Å². The van der Waals surface area contributed by atoms with Crippen molar-refractivity contribution >= 4 is 5.78 Å². The molecule has 0 spiro atoms. The fourth-order valence-corrected chi connectivity index (χ4v) is 4.20. The van der Waals surface area contributed by atoms with Crippen LogP contribution < -0.4 is 0 Å². The van der Waals surface area contributed by atoms with E-state index in [2.05, 4.69) is 0 Å². The molecule has 0 aromatic heterocycles. The van der Waals surface area contributed by atoms with Gasteiger partial charge in [-0.15, -0.1) is 0 Å². The first kappa shape index (κ1) is 18.5. The molecular formula is C20H28O4. The van der Waals surface area contributed by atoms with Gasteiger partial charge >= 0.3 is 0 Å². The number of benzene rings is 1. The van der Waals surface area contributed by atoms with Crippen LogP contribution in [0.5, 0.6) is 11.5 Å². The average Bonchev–Trinajstić information content (AvgIpc) is 2.53. The third-order valence-corrected chi connectivity index (χ3v) is 5.43. The van der Waals surface area contributed by atoms with Gasteiger partial charge in [-0.1, -0.05) is 40.2 Å². The van der Waals surface area contributed by atoms with E-state index in [-0.39, 0.29) is 29.6 Å². The summed E-state index contributed by atoms with van der Waals surface area (Å²) >= 11 is 0. The van der Waals surface area contributed by atoms with E-state index < -0.39 is 11.0 Å². The molecule has 3 N–H and O–H groups in total. The van der Waals surface area contributed by atoms with E-state index in [1.807, 2.05) is 27.7 Å². The topological polar surface area (TPSA) is 77.8 Å². The maximum atomic E-state index is 12.3. The van der Waals surface area contributed by atoms with Crippen LogP contribution >= 0.6 is 0 Å². The molecule has 132 valence electrons. The molecular weight excluding hydrogens is 304 g/mol. The highest BCUT2D eigenvalue weighted by Crippen LogP contribution is 2.54. The quantitative estimate of drug-likeness (QED) is 0.720. The van der Waals surface area contributed by atoms with Crippen molar-refractivity contribution in [2.45, 2.75) is 64.4 Å². The van der Waals surface area contributed by atoms with Crippen molar-refractivity contribution in [2.75, 3.05) is 0 Å². The normalized spacial score (nSPS) is 27.0. The number of rotatable bonds is 5. The lowest BCUT2D eigenvalue weighted by Gasteiger charge is -2.51. The zero-order chi connectivity index (χ0) is 18.1. The Morgan fingerprint density at radius 1 is 1.21 bits per heavy atom. The maximum Gasteiger partial charge on any atom is 0.161 e. The van der Waals surface area contributed by atoms with Gasteiger partial charge in [-0.3, -0.25) is 4.79 Å². The number of allylic oxidation sites excluding steroid dienone is 1. The largest absolute Gasteiger partial charge is 0.504 e. The van der Waals surface area contributed by atoms with Crippen molar-refractivity contribution in [1.82, 2.24) is 0 Å². The Morgan fingerprint density at radius 2 is 1.88 bits per heavy atom. The number of hydrogen-bond acceptors (Lipinski definition) is 4. The fraction of sp³-hybridized carbons (Fsp3) is 0.550. The van der Waals surface area contributed by atoms with Gasteiger partial charge in [0.1, 0.15) is 0 Å². The SMILES string of the molecule is CCCC1(c2c(CC)ccc(O)c2O)CC(=O)C=CC1(O)C(C)C. The molecule has 1 aliphatic carbocycles. The summed E-state index contributed by atoms with van der Waals surface area (Å²) in [5.74, 6) is -0.658. The second-order valence-corrected chi connectivity index (χ2v) is 7.11. The third-order valence-electron chi connectivity index (χ3n) is 5.43. The summed E-state index contributed by atoms with van der Waals surface area (Å²) in [5, 5.41) is 32.3. The van der Waals surface area contributed by atoms with Crippen molar-refractivity contribution in [3.05, 3.63) is 35.4 Å². The molecule has 4 heteroatoms. The molecule has 24 heavy (non-hydrogen) atoms. The highest BCUT2D eigenvalue weighted by molar-refractivity contribution is 5.93. The van der Waals surface area contributed by atoms with Gasteiger partial charge in [0.15, 0.2) is 17.3 Å². The van der Waals surface area contributed by atoms with Crippen LogP contribution in [0.2, 0.25) is 0 Å². The lowest BCUT2D eigenvalue weighted by Crippen LogP contribution is -2.57. The van der Waals surface area contributed by atoms with Gasteiger partial charge < -0.3 is 15.3 Å². The number of aliphatic hydroxyl groups is 1. The lowest BCUT2D eigenvalue weighted by atomic mass is 9.55. The summed E-state index contributed by atoms with van der Waals surface area (Å²) in [6, 6.07) is 3.23. The first-order valence-electron chi connectivity index (χ1n) is 8.72. The van der Waals surface area contributed by atoms with Gasteiger partial charge in [0.25, 0.3) is 0 Å². The van der Waals surface area contributed by atoms with Crippen LogP contribution in [0, 0.1) is 5.92 Å². The number of carbonyl (C=O) groups excluding carboxylic acids is 1. The van der Waals surface area contributed by atoms with E-state index in [0.717, 1.165) is 12.0 Å². The van der Waals surface area contributed by atoms with Gasteiger partial charge in [0.2, 0.25) is 0 Å². The number of aryl methyl sites for hydroxylation is 1. The predicted octanol–water partition coefficient (Wildman–Crippen LogP) is 3.61. The summed E-state index contributed by atoms with van der Waals surface area (Å²) in [5.41, 5.74) is -0.858. The van der Waals surface area contributed by atoms with E-state index in [1.165, 1.54) is 12.1 Å². The Balaban J connectivity index is 2.88. The van der Waals surface area contributed by atoms with Crippen molar-refractivity contribution < 1.29 is 20.1 Å². The number of carbonyl (C=O) groups is 1. The minimum atomic E-state index is -1.27. The third kappa shape index (κ3) is 2.63. The van der Waals surface area contributed by atoms with Crippen LogP contribution in [0.25, 0.3) is 0 Å². The molecule has 0 fully saturated rings. The van der Waals surface area contributed by atoms with Gasteiger partial charge in [0, 0.05) is 17.4 Å². The van der Waals surface area contributed by atoms with Gasteiger partial charge in [-0.25, -0.2) is 0 Å². The number of hydrogen-bond donors (Lipinski definition) is 3.